The van der Waals surface area contributed by atoms with Gasteiger partial charge in [-0.1, -0.05) is 17.8 Å². The summed E-state index contributed by atoms with van der Waals surface area (Å²) in [5.41, 5.74) is 1.08. The summed E-state index contributed by atoms with van der Waals surface area (Å²) >= 11 is 1.46. The Morgan fingerprint density at radius 2 is 2.10 bits per heavy atom. The normalized spacial score (nSPS) is 22.3. The summed E-state index contributed by atoms with van der Waals surface area (Å²) in [6, 6.07) is 4.85. The van der Waals surface area contributed by atoms with Crippen LogP contribution in [0.5, 0.6) is 0 Å². The molecule has 160 valence electrons. The highest BCUT2D eigenvalue weighted by Crippen LogP contribution is 2.34. The van der Waals surface area contributed by atoms with Crippen molar-refractivity contribution in [2.75, 3.05) is 36.8 Å². The average Bonchev–Trinajstić information content (AvgIpc) is 3.32. The van der Waals surface area contributed by atoms with Gasteiger partial charge in [0, 0.05) is 20.0 Å². The first-order chi connectivity index (χ1) is 14.4. The Balaban J connectivity index is 1.38. The highest BCUT2D eigenvalue weighted by Gasteiger charge is 2.33. The lowest BCUT2D eigenvalue weighted by atomic mass is 9.89. The number of amides is 3. The first-order valence-electron chi connectivity index (χ1n) is 9.92. The number of cyclic esters (lactones) is 1. The predicted molar refractivity (Wildman–Crippen MR) is 111 cm³/mol. The molecule has 0 spiro atoms. The molecule has 30 heavy (non-hydrogen) atoms. The van der Waals surface area contributed by atoms with Crippen molar-refractivity contribution in [3.63, 3.8) is 0 Å². The fourth-order valence-corrected chi connectivity index (χ4v) is 4.80. The summed E-state index contributed by atoms with van der Waals surface area (Å²) in [5, 5.41) is 3.39. The number of carbonyl (C=O) groups is 3. The molecule has 8 nitrogen and oxygen atoms in total. The number of aliphatic imine (C=N–C) groups is 1. The molecular formula is C20H23FN4O4S. The maximum absolute atomic E-state index is 14.9. The molecule has 0 saturated carbocycles. The Morgan fingerprint density at radius 1 is 1.33 bits per heavy atom. The van der Waals surface area contributed by atoms with Crippen molar-refractivity contribution in [2.45, 2.75) is 31.8 Å². The van der Waals surface area contributed by atoms with Crippen molar-refractivity contribution < 1.29 is 23.5 Å². The molecule has 0 aliphatic carbocycles. The van der Waals surface area contributed by atoms with Crippen molar-refractivity contribution >= 4 is 40.5 Å². The maximum Gasteiger partial charge on any atom is 0.414 e. The number of piperidine rings is 1. The number of ether oxygens (including phenoxy) is 1. The quantitative estimate of drug-likeness (QED) is 0.781. The molecule has 1 aromatic rings. The van der Waals surface area contributed by atoms with Crippen LogP contribution in [-0.2, 0) is 14.3 Å². The number of hydrogen-bond acceptors (Lipinski definition) is 6. The van der Waals surface area contributed by atoms with Crippen molar-refractivity contribution in [1.29, 1.82) is 0 Å². The minimum atomic E-state index is -0.546. The van der Waals surface area contributed by atoms with Crippen LogP contribution >= 0.6 is 11.8 Å². The maximum atomic E-state index is 14.9. The van der Waals surface area contributed by atoms with Crippen LogP contribution in [0.4, 0.5) is 14.9 Å². The average molecular weight is 434 g/mol. The number of carbonyl (C=O) groups excluding carboxylic acids is 3. The van der Waals surface area contributed by atoms with Crippen LogP contribution in [0.15, 0.2) is 23.2 Å². The second-order valence-electron chi connectivity index (χ2n) is 7.60. The SMILES string of the molecule is CC(=O)NC[C@H]1CN(c2ccc(C3CCN(C4=NC(=O)CS4)CC3)c(F)c2)C(=O)O1. The minimum Gasteiger partial charge on any atom is -0.442 e. The largest absolute Gasteiger partial charge is 0.442 e. The molecule has 10 heteroatoms. The standard InChI is InChI=1S/C20H23FN4O4S/c1-12(26)22-9-15-10-25(20(28)29-15)14-2-3-16(17(21)8-14)13-4-6-24(7-5-13)19-23-18(27)11-30-19/h2-3,8,13,15H,4-7,9-11H2,1H3,(H,22,26)/t15-/m0/s1. The van der Waals surface area contributed by atoms with Crippen LogP contribution in [0.25, 0.3) is 0 Å². The molecular weight excluding hydrogens is 411 g/mol. The van der Waals surface area contributed by atoms with Crippen molar-refractivity contribution in [3.05, 3.63) is 29.6 Å². The Labute approximate surface area is 177 Å². The zero-order valence-electron chi connectivity index (χ0n) is 16.6. The van der Waals surface area contributed by atoms with Gasteiger partial charge in [0.25, 0.3) is 5.91 Å². The van der Waals surface area contributed by atoms with Crippen LogP contribution in [0.2, 0.25) is 0 Å². The molecule has 4 rings (SSSR count). The van der Waals surface area contributed by atoms with Gasteiger partial charge >= 0.3 is 6.09 Å². The van der Waals surface area contributed by atoms with Gasteiger partial charge in [-0.25, -0.2) is 9.18 Å². The molecule has 3 aliphatic heterocycles. The van der Waals surface area contributed by atoms with E-state index < -0.39 is 12.2 Å². The van der Waals surface area contributed by atoms with E-state index in [1.807, 2.05) is 0 Å². The van der Waals surface area contributed by atoms with Gasteiger partial charge in [0.2, 0.25) is 5.91 Å². The van der Waals surface area contributed by atoms with E-state index in [0.717, 1.165) is 31.1 Å². The number of nitrogens with zero attached hydrogens (tertiary/aromatic N) is 3. The Kier molecular flexibility index (Phi) is 5.94. The summed E-state index contributed by atoms with van der Waals surface area (Å²) in [6.07, 6.45) is 0.537. The number of amidine groups is 1. The molecule has 3 heterocycles. The molecule has 0 bridgehead atoms. The number of rotatable bonds is 4. The number of thioether (sulfide) groups is 1. The van der Waals surface area contributed by atoms with Gasteiger partial charge in [-0.2, -0.15) is 4.99 Å². The predicted octanol–water partition coefficient (Wildman–Crippen LogP) is 2.10. The third kappa shape index (κ3) is 4.43. The molecule has 3 aliphatic rings. The third-order valence-electron chi connectivity index (χ3n) is 5.50. The second-order valence-corrected chi connectivity index (χ2v) is 8.54. The number of benzene rings is 1. The summed E-state index contributed by atoms with van der Waals surface area (Å²) in [4.78, 5) is 42.0. The molecule has 3 amide bonds. The van der Waals surface area contributed by atoms with E-state index in [-0.39, 0.29) is 36.6 Å². The van der Waals surface area contributed by atoms with E-state index in [4.69, 9.17) is 4.74 Å². The Bertz CT molecular complexity index is 901. The molecule has 0 aromatic heterocycles. The minimum absolute atomic E-state index is 0.0797. The fourth-order valence-electron chi connectivity index (χ4n) is 3.95. The molecule has 2 saturated heterocycles. The van der Waals surface area contributed by atoms with E-state index in [2.05, 4.69) is 15.2 Å². The molecule has 0 radical (unpaired) electrons. The van der Waals surface area contributed by atoms with Crippen LogP contribution < -0.4 is 10.2 Å². The number of likely N-dealkylation sites (tertiary alicyclic amines) is 1. The van der Waals surface area contributed by atoms with Gasteiger partial charge in [-0.3, -0.25) is 14.5 Å². The van der Waals surface area contributed by atoms with Gasteiger partial charge < -0.3 is 15.0 Å². The van der Waals surface area contributed by atoms with Crippen molar-refractivity contribution in [3.8, 4) is 0 Å². The fraction of sp³-hybridized carbons (Fsp3) is 0.500. The number of halogens is 1. The van der Waals surface area contributed by atoms with E-state index in [9.17, 15) is 18.8 Å². The van der Waals surface area contributed by atoms with Crippen molar-refractivity contribution in [1.82, 2.24) is 10.2 Å². The van der Waals surface area contributed by atoms with E-state index in [1.54, 1.807) is 12.1 Å². The topological polar surface area (TPSA) is 91.3 Å². The van der Waals surface area contributed by atoms with E-state index in [0.29, 0.717) is 17.0 Å². The van der Waals surface area contributed by atoms with E-state index >= 15 is 0 Å². The van der Waals surface area contributed by atoms with Gasteiger partial charge in [0.1, 0.15) is 11.9 Å². The summed E-state index contributed by atoms with van der Waals surface area (Å²) in [7, 11) is 0. The number of nitrogens with one attached hydrogen (secondary N) is 1. The van der Waals surface area contributed by atoms with Gasteiger partial charge in [0.05, 0.1) is 24.5 Å². The molecule has 1 atom stereocenters. The summed E-state index contributed by atoms with van der Waals surface area (Å²) < 4.78 is 20.1. The highest BCUT2D eigenvalue weighted by atomic mass is 32.2. The molecule has 0 unspecified atom stereocenters. The summed E-state index contributed by atoms with van der Waals surface area (Å²) in [6.45, 7) is 3.34. The van der Waals surface area contributed by atoms with Gasteiger partial charge in [0.15, 0.2) is 5.17 Å². The highest BCUT2D eigenvalue weighted by molar-refractivity contribution is 8.14. The van der Waals surface area contributed by atoms with E-state index in [1.165, 1.54) is 29.7 Å². The zero-order valence-corrected chi connectivity index (χ0v) is 17.4. The summed E-state index contributed by atoms with van der Waals surface area (Å²) in [5.74, 6) is -0.159. The lowest BCUT2D eigenvalue weighted by Gasteiger charge is -2.33. The Morgan fingerprint density at radius 3 is 2.73 bits per heavy atom. The first-order valence-corrected chi connectivity index (χ1v) is 10.9. The Hall–Kier alpha value is -2.62. The van der Waals surface area contributed by atoms with Gasteiger partial charge in [-0.05, 0) is 36.5 Å². The van der Waals surface area contributed by atoms with Crippen LogP contribution in [0, 0.1) is 5.82 Å². The smallest absolute Gasteiger partial charge is 0.414 e. The van der Waals surface area contributed by atoms with Crippen molar-refractivity contribution in [2.24, 2.45) is 4.99 Å². The van der Waals surface area contributed by atoms with Crippen LogP contribution in [0.1, 0.15) is 31.2 Å². The molecule has 2 fully saturated rings. The second kappa shape index (κ2) is 8.63. The lowest BCUT2D eigenvalue weighted by Crippen LogP contribution is -2.36. The number of anilines is 1. The monoisotopic (exact) mass is 434 g/mol. The molecule has 1 aromatic carbocycles. The zero-order chi connectivity index (χ0) is 21.3. The van der Waals surface area contributed by atoms with Crippen LogP contribution in [0.3, 0.4) is 0 Å². The first kappa shape index (κ1) is 20.6. The van der Waals surface area contributed by atoms with Crippen LogP contribution in [-0.4, -0.2) is 66.0 Å². The third-order valence-corrected chi connectivity index (χ3v) is 6.50. The van der Waals surface area contributed by atoms with Gasteiger partial charge in [-0.15, -0.1) is 0 Å². The lowest BCUT2D eigenvalue weighted by molar-refractivity contribution is -0.119. The number of hydrogen-bond donors (Lipinski definition) is 1. The molecule has 1 N–H and O–H groups in total.